The maximum Gasteiger partial charge on any atom is 0.326 e. The van der Waals surface area contributed by atoms with Gasteiger partial charge in [0, 0.05) is 32.4 Å². The number of carbonyl (C=O) groups excluding carboxylic acids is 4. The van der Waals surface area contributed by atoms with E-state index in [9.17, 15) is 33.9 Å². The highest BCUT2D eigenvalue weighted by Crippen LogP contribution is 2.13. The Morgan fingerprint density at radius 1 is 0.725 bits per heavy atom. The Hall–Kier alpha value is -3.02. The van der Waals surface area contributed by atoms with Crippen LogP contribution in [0, 0.1) is 0 Å². The molecule has 0 rings (SSSR count). The van der Waals surface area contributed by atoms with Crippen molar-refractivity contribution in [3.63, 3.8) is 0 Å². The van der Waals surface area contributed by atoms with E-state index in [0.717, 1.165) is 51.4 Å². The summed E-state index contributed by atoms with van der Waals surface area (Å²) in [5.41, 5.74) is 5.33. The minimum atomic E-state index is -1.21. The zero-order chi connectivity index (χ0) is 30.2. The lowest BCUT2D eigenvalue weighted by Crippen LogP contribution is -2.44. The number of aliphatic carboxylic acids is 2. The summed E-state index contributed by atoms with van der Waals surface area (Å²) in [7, 11) is 0. The number of nitrogens with zero attached hydrogens (tertiary/aromatic N) is 1. The van der Waals surface area contributed by atoms with Gasteiger partial charge in [-0.15, -0.1) is 0 Å². The van der Waals surface area contributed by atoms with Gasteiger partial charge in [-0.25, -0.2) is 4.79 Å². The molecule has 0 saturated carbocycles. The van der Waals surface area contributed by atoms with Crippen molar-refractivity contribution in [3.8, 4) is 0 Å². The molecule has 0 unspecified atom stereocenters. The van der Waals surface area contributed by atoms with Crippen molar-refractivity contribution in [2.24, 2.45) is 5.73 Å². The summed E-state index contributed by atoms with van der Waals surface area (Å²) in [6.45, 7) is 1.20. The van der Waals surface area contributed by atoms with E-state index < -0.39 is 29.8 Å². The zero-order valence-electron chi connectivity index (χ0n) is 24.1. The van der Waals surface area contributed by atoms with Gasteiger partial charge < -0.3 is 31.5 Å². The Bertz CT molecular complexity index is 790. The second-order valence-electron chi connectivity index (χ2n) is 10.2. The number of amides is 3. The molecular formula is C28H50N4O8. The molecule has 40 heavy (non-hydrogen) atoms. The Labute approximate surface area is 237 Å². The SMILES string of the molecule is CC(=O)CN(CCNC(=O)CC[C@H](NC(=O)CCCCCCCCCCCCCCC(=O)O)C(=O)O)C(=O)CN. The fraction of sp³-hybridized carbons (Fsp3) is 0.786. The van der Waals surface area contributed by atoms with Crippen LogP contribution >= 0.6 is 0 Å². The summed E-state index contributed by atoms with van der Waals surface area (Å²) in [6, 6.07) is -1.16. The maximum absolute atomic E-state index is 12.2. The topological polar surface area (TPSA) is 196 Å². The molecular weight excluding hydrogens is 520 g/mol. The van der Waals surface area contributed by atoms with Gasteiger partial charge in [-0.2, -0.15) is 0 Å². The van der Waals surface area contributed by atoms with Crippen molar-refractivity contribution in [1.29, 1.82) is 0 Å². The average Bonchev–Trinajstić information content (AvgIpc) is 2.89. The number of nitrogens with one attached hydrogen (secondary N) is 2. The minimum Gasteiger partial charge on any atom is -0.481 e. The van der Waals surface area contributed by atoms with E-state index in [2.05, 4.69) is 10.6 Å². The number of carbonyl (C=O) groups is 6. The molecule has 12 nitrogen and oxygen atoms in total. The first kappa shape index (κ1) is 37.0. The van der Waals surface area contributed by atoms with Gasteiger partial charge in [0.05, 0.1) is 13.1 Å². The van der Waals surface area contributed by atoms with Crippen molar-refractivity contribution in [2.75, 3.05) is 26.2 Å². The average molecular weight is 571 g/mol. The van der Waals surface area contributed by atoms with Crippen LogP contribution in [0.2, 0.25) is 0 Å². The van der Waals surface area contributed by atoms with Gasteiger partial charge in [0.2, 0.25) is 17.7 Å². The minimum absolute atomic E-state index is 0.0614. The smallest absolute Gasteiger partial charge is 0.326 e. The Kier molecular flexibility index (Phi) is 22.0. The first-order valence-corrected chi connectivity index (χ1v) is 14.5. The molecule has 6 N–H and O–H groups in total. The van der Waals surface area contributed by atoms with E-state index >= 15 is 0 Å². The number of hydrogen-bond donors (Lipinski definition) is 5. The van der Waals surface area contributed by atoms with E-state index in [1.54, 1.807) is 0 Å². The highest BCUT2D eigenvalue weighted by molar-refractivity contribution is 5.86. The van der Waals surface area contributed by atoms with Gasteiger partial charge in [0.25, 0.3) is 0 Å². The Morgan fingerprint density at radius 2 is 1.23 bits per heavy atom. The first-order valence-electron chi connectivity index (χ1n) is 14.5. The lowest BCUT2D eigenvalue weighted by Gasteiger charge is -2.21. The van der Waals surface area contributed by atoms with E-state index in [1.807, 2.05) is 0 Å². The number of rotatable bonds is 26. The molecule has 0 fully saturated rings. The monoisotopic (exact) mass is 570 g/mol. The molecule has 0 aliphatic heterocycles. The Morgan fingerprint density at radius 3 is 1.68 bits per heavy atom. The normalized spacial score (nSPS) is 11.4. The van der Waals surface area contributed by atoms with Crippen LogP contribution in [0.5, 0.6) is 0 Å². The second kappa shape index (κ2) is 23.8. The van der Waals surface area contributed by atoms with E-state index in [1.165, 1.54) is 31.1 Å². The van der Waals surface area contributed by atoms with Crippen LogP contribution in [-0.2, 0) is 28.8 Å². The zero-order valence-corrected chi connectivity index (χ0v) is 24.1. The highest BCUT2D eigenvalue weighted by Gasteiger charge is 2.21. The standard InChI is InChI=1S/C28H50N4O8/c1-22(33)21-32(26(36)20-29)19-18-30-24(34)17-16-23(28(39)40)31-25(35)14-12-10-8-6-4-2-3-5-7-9-11-13-15-27(37)38/h23H,2-21,29H2,1H3,(H,30,34)(H,31,35)(H,37,38)(H,39,40)/t23-/m0/s1. The van der Waals surface area contributed by atoms with Gasteiger partial charge in [-0.05, 0) is 26.2 Å². The maximum atomic E-state index is 12.2. The fourth-order valence-corrected chi connectivity index (χ4v) is 4.24. The lowest BCUT2D eigenvalue weighted by molar-refractivity contribution is -0.142. The van der Waals surface area contributed by atoms with Gasteiger partial charge in [-0.3, -0.25) is 24.0 Å². The highest BCUT2D eigenvalue weighted by atomic mass is 16.4. The van der Waals surface area contributed by atoms with Crippen LogP contribution in [0.3, 0.4) is 0 Å². The van der Waals surface area contributed by atoms with Crippen LogP contribution in [0.25, 0.3) is 0 Å². The van der Waals surface area contributed by atoms with Crippen molar-refractivity contribution >= 4 is 35.4 Å². The van der Waals surface area contributed by atoms with Crippen LogP contribution in [-0.4, -0.2) is 82.8 Å². The van der Waals surface area contributed by atoms with Crippen molar-refractivity contribution < 1.29 is 39.0 Å². The summed E-state index contributed by atoms with van der Waals surface area (Å²) < 4.78 is 0. The summed E-state index contributed by atoms with van der Waals surface area (Å²) in [5.74, 6) is -3.32. The summed E-state index contributed by atoms with van der Waals surface area (Å²) in [4.78, 5) is 70.5. The largest absolute Gasteiger partial charge is 0.481 e. The summed E-state index contributed by atoms with van der Waals surface area (Å²) >= 11 is 0. The summed E-state index contributed by atoms with van der Waals surface area (Å²) in [6.07, 6.45) is 12.7. The number of carboxylic acid groups (broad SMARTS) is 2. The molecule has 0 heterocycles. The number of ketones is 1. The molecule has 1 atom stereocenters. The number of Topliss-reactive ketones (excluding diaryl/α,β-unsaturated/α-hetero) is 1. The number of hydrogen-bond acceptors (Lipinski definition) is 7. The van der Waals surface area contributed by atoms with Gasteiger partial charge in [-0.1, -0.05) is 64.2 Å². The second-order valence-corrected chi connectivity index (χ2v) is 10.2. The van der Waals surface area contributed by atoms with Crippen molar-refractivity contribution in [1.82, 2.24) is 15.5 Å². The van der Waals surface area contributed by atoms with E-state index in [4.69, 9.17) is 10.8 Å². The van der Waals surface area contributed by atoms with Crippen LogP contribution < -0.4 is 16.4 Å². The molecule has 0 aliphatic rings. The molecule has 12 heteroatoms. The molecule has 0 aliphatic carbocycles. The number of unbranched alkanes of at least 4 members (excludes halogenated alkanes) is 11. The van der Waals surface area contributed by atoms with E-state index in [0.29, 0.717) is 6.42 Å². The third-order valence-electron chi connectivity index (χ3n) is 6.48. The number of carboxylic acids is 2. The first-order chi connectivity index (χ1) is 19.1. The fourth-order valence-electron chi connectivity index (χ4n) is 4.24. The summed E-state index contributed by atoms with van der Waals surface area (Å²) in [5, 5.41) is 23.1. The molecule has 0 bridgehead atoms. The van der Waals surface area contributed by atoms with E-state index in [-0.39, 0.29) is 63.6 Å². The molecule has 0 radical (unpaired) electrons. The predicted molar refractivity (Wildman–Crippen MR) is 150 cm³/mol. The van der Waals surface area contributed by atoms with Gasteiger partial charge in [0.15, 0.2) is 0 Å². The molecule has 3 amide bonds. The van der Waals surface area contributed by atoms with Crippen LogP contribution in [0.15, 0.2) is 0 Å². The Balaban J connectivity index is 3.94. The molecule has 0 saturated heterocycles. The van der Waals surface area contributed by atoms with Crippen LogP contribution in [0.1, 0.15) is 110 Å². The van der Waals surface area contributed by atoms with Crippen LogP contribution in [0.4, 0.5) is 0 Å². The van der Waals surface area contributed by atoms with Gasteiger partial charge >= 0.3 is 11.9 Å². The molecule has 0 aromatic heterocycles. The third-order valence-corrected chi connectivity index (χ3v) is 6.48. The van der Waals surface area contributed by atoms with Crippen molar-refractivity contribution in [3.05, 3.63) is 0 Å². The molecule has 0 aromatic rings. The molecule has 0 spiro atoms. The molecule has 0 aromatic carbocycles. The molecule has 230 valence electrons. The number of nitrogens with two attached hydrogens (primary N) is 1. The van der Waals surface area contributed by atoms with Crippen molar-refractivity contribution in [2.45, 2.75) is 116 Å². The third kappa shape index (κ3) is 21.9. The van der Waals surface area contributed by atoms with Gasteiger partial charge in [0.1, 0.15) is 11.8 Å². The quantitative estimate of drug-likeness (QED) is 0.0970. The lowest BCUT2D eigenvalue weighted by atomic mass is 10.0. The predicted octanol–water partition coefficient (Wildman–Crippen LogP) is 2.37.